The molecule has 104 valence electrons. The number of halogens is 1. The molecule has 0 saturated heterocycles. The number of benzene rings is 2. The van der Waals surface area contributed by atoms with E-state index in [0.29, 0.717) is 12.2 Å². The van der Waals surface area contributed by atoms with E-state index >= 15 is 0 Å². The summed E-state index contributed by atoms with van der Waals surface area (Å²) in [4.78, 5) is 11.8. The van der Waals surface area contributed by atoms with Crippen molar-refractivity contribution in [2.45, 2.75) is 4.90 Å². The number of nitro groups is 1. The summed E-state index contributed by atoms with van der Waals surface area (Å²) < 4.78 is 0.860. The van der Waals surface area contributed by atoms with Gasteiger partial charge in [0.25, 0.3) is 5.69 Å². The molecule has 2 aromatic carbocycles. The molecule has 0 aliphatic heterocycles. The van der Waals surface area contributed by atoms with Crippen molar-refractivity contribution in [3.05, 3.63) is 62.2 Å². The van der Waals surface area contributed by atoms with Crippen LogP contribution in [0.5, 0.6) is 0 Å². The van der Waals surface area contributed by atoms with Crippen LogP contribution in [0.2, 0.25) is 0 Å². The molecule has 0 fully saturated rings. The average Bonchev–Trinajstić information content (AvgIpc) is 2.45. The Morgan fingerprint density at radius 2 is 1.95 bits per heavy atom. The van der Waals surface area contributed by atoms with Crippen molar-refractivity contribution >= 4 is 45.7 Å². The molecule has 0 atom stereocenters. The predicted molar refractivity (Wildman–Crippen MR) is 91.5 cm³/mol. The molecule has 20 heavy (non-hydrogen) atoms. The van der Waals surface area contributed by atoms with E-state index in [9.17, 15) is 10.1 Å². The molecule has 0 aromatic heterocycles. The summed E-state index contributed by atoms with van der Waals surface area (Å²) in [5.74, 6) is 0.854. The van der Waals surface area contributed by atoms with Crippen molar-refractivity contribution in [1.29, 1.82) is 0 Å². The van der Waals surface area contributed by atoms with Gasteiger partial charge in [-0.25, -0.2) is 0 Å². The van der Waals surface area contributed by atoms with Crippen molar-refractivity contribution in [2.24, 2.45) is 0 Å². The summed E-state index contributed by atoms with van der Waals surface area (Å²) in [5, 5.41) is 14.1. The van der Waals surface area contributed by atoms with Gasteiger partial charge in [0.1, 0.15) is 5.69 Å². The number of nitrogens with zero attached hydrogens (tertiary/aromatic N) is 1. The second-order valence-corrected chi connectivity index (χ2v) is 6.42. The Bertz CT molecular complexity index is 593. The molecule has 0 unspecified atom stereocenters. The van der Waals surface area contributed by atoms with E-state index in [2.05, 4.69) is 40.0 Å². The molecule has 4 nitrogen and oxygen atoms in total. The van der Waals surface area contributed by atoms with Gasteiger partial charge in [-0.05, 0) is 46.9 Å². The Morgan fingerprint density at radius 1 is 1.20 bits per heavy atom. The molecule has 0 amide bonds. The van der Waals surface area contributed by atoms with E-state index in [1.807, 2.05) is 24.3 Å². The highest BCUT2D eigenvalue weighted by Gasteiger charge is 2.13. The second kappa shape index (κ2) is 7.49. The van der Waals surface area contributed by atoms with Gasteiger partial charge in [-0.1, -0.05) is 18.2 Å². The first-order valence-corrected chi connectivity index (χ1v) is 8.09. The highest BCUT2D eigenvalue weighted by molar-refractivity contribution is 14.1. The number of hydrogen-bond acceptors (Lipinski definition) is 4. The normalized spacial score (nSPS) is 10.2. The molecule has 6 heteroatoms. The maximum atomic E-state index is 11.0. The van der Waals surface area contributed by atoms with Crippen LogP contribution in [0.3, 0.4) is 0 Å². The maximum Gasteiger partial charge on any atom is 0.293 e. The van der Waals surface area contributed by atoms with Gasteiger partial charge in [-0.2, -0.15) is 0 Å². The van der Waals surface area contributed by atoms with E-state index in [-0.39, 0.29) is 10.6 Å². The van der Waals surface area contributed by atoms with Crippen molar-refractivity contribution in [1.82, 2.24) is 0 Å². The summed E-state index contributed by atoms with van der Waals surface area (Å²) in [6, 6.07) is 15.3. The molecule has 0 aliphatic rings. The van der Waals surface area contributed by atoms with Gasteiger partial charge in [0, 0.05) is 26.8 Å². The van der Waals surface area contributed by atoms with E-state index in [0.717, 1.165) is 9.32 Å². The number of hydrogen-bond donors (Lipinski definition) is 1. The molecule has 0 aliphatic carbocycles. The number of rotatable bonds is 6. The number of nitrogens with one attached hydrogen (secondary N) is 1. The van der Waals surface area contributed by atoms with E-state index in [1.54, 1.807) is 23.9 Å². The molecule has 0 bridgehead atoms. The minimum absolute atomic E-state index is 0.126. The van der Waals surface area contributed by atoms with Crippen molar-refractivity contribution < 1.29 is 4.92 Å². The molecule has 0 spiro atoms. The summed E-state index contributed by atoms with van der Waals surface area (Å²) in [7, 11) is 0. The van der Waals surface area contributed by atoms with E-state index in [1.165, 1.54) is 4.90 Å². The third kappa shape index (κ3) is 4.38. The molecule has 0 heterocycles. The van der Waals surface area contributed by atoms with Gasteiger partial charge in [0.15, 0.2) is 0 Å². The predicted octanol–water partition coefficient (Wildman–Crippen LogP) is 4.40. The van der Waals surface area contributed by atoms with Gasteiger partial charge < -0.3 is 5.32 Å². The fourth-order valence-electron chi connectivity index (χ4n) is 1.68. The lowest BCUT2D eigenvalue weighted by Gasteiger charge is -2.07. The molecule has 1 N–H and O–H groups in total. The lowest BCUT2D eigenvalue weighted by atomic mass is 10.2. The summed E-state index contributed by atoms with van der Waals surface area (Å²) >= 11 is 3.80. The SMILES string of the molecule is O=[N+]([O-])c1cc(I)ccc1NCCSc1ccccc1. The Morgan fingerprint density at radius 3 is 2.65 bits per heavy atom. The quantitative estimate of drug-likeness (QED) is 0.257. The smallest absolute Gasteiger partial charge is 0.293 e. The van der Waals surface area contributed by atoms with Crippen molar-refractivity contribution in [3.63, 3.8) is 0 Å². The zero-order chi connectivity index (χ0) is 14.4. The molecule has 2 rings (SSSR count). The molecular formula is C14H13IN2O2S. The largest absolute Gasteiger partial charge is 0.379 e. The van der Waals surface area contributed by atoms with Gasteiger partial charge in [-0.3, -0.25) is 10.1 Å². The minimum atomic E-state index is -0.352. The van der Waals surface area contributed by atoms with Crippen LogP contribution >= 0.6 is 34.4 Å². The third-order valence-corrected chi connectivity index (χ3v) is 4.27. The fourth-order valence-corrected chi connectivity index (χ4v) is 2.94. The maximum absolute atomic E-state index is 11.0. The van der Waals surface area contributed by atoms with Crippen molar-refractivity contribution in [2.75, 3.05) is 17.6 Å². The van der Waals surface area contributed by atoms with E-state index in [4.69, 9.17) is 0 Å². The second-order valence-electron chi connectivity index (χ2n) is 4.01. The molecule has 0 radical (unpaired) electrons. The van der Waals surface area contributed by atoms with Gasteiger partial charge in [-0.15, -0.1) is 11.8 Å². The van der Waals surface area contributed by atoms with Crippen LogP contribution in [0.1, 0.15) is 0 Å². The van der Waals surface area contributed by atoms with Gasteiger partial charge >= 0.3 is 0 Å². The molecule has 2 aromatic rings. The standard InChI is InChI=1S/C14H13IN2O2S/c15-11-6-7-13(14(10-11)17(18)19)16-8-9-20-12-4-2-1-3-5-12/h1-7,10,16H,8-9H2. The monoisotopic (exact) mass is 400 g/mol. The number of nitro benzene ring substituents is 1. The average molecular weight is 400 g/mol. The molecular weight excluding hydrogens is 387 g/mol. The van der Waals surface area contributed by atoms with Crippen LogP contribution < -0.4 is 5.32 Å². The summed E-state index contributed by atoms with van der Waals surface area (Å²) in [5.41, 5.74) is 0.700. The zero-order valence-electron chi connectivity index (χ0n) is 10.6. The van der Waals surface area contributed by atoms with Crippen LogP contribution in [0.4, 0.5) is 11.4 Å². The molecule has 0 saturated carbocycles. The van der Waals surface area contributed by atoms with Gasteiger partial charge in [0.2, 0.25) is 0 Å². The first-order chi connectivity index (χ1) is 9.66. The Balaban J connectivity index is 1.90. The summed E-state index contributed by atoms with van der Waals surface area (Å²) in [6.45, 7) is 0.682. The topological polar surface area (TPSA) is 55.2 Å². The van der Waals surface area contributed by atoms with Crippen LogP contribution in [0, 0.1) is 13.7 Å². The van der Waals surface area contributed by atoms with Gasteiger partial charge in [0.05, 0.1) is 4.92 Å². The van der Waals surface area contributed by atoms with Crippen LogP contribution in [-0.4, -0.2) is 17.2 Å². The van der Waals surface area contributed by atoms with Crippen LogP contribution in [0.25, 0.3) is 0 Å². The Hall–Kier alpha value is -1.28. The first-order valence-electron chi connectivity index (χ1n) is 6.02. The van der Waals surface area contributed by atoms with Crippen LogP contribution in [0.15, 0.2) is 53.4 Å². The van der Waals surface area contributed by atoms with E-state index < -0.39 is 0 Å². The number of thioether (sulfide) groups is 1. The number of anilines is 1. The highest BCUT2D eigenvalue weighted by Crippen LogP contribution is 2.26. The zero-order valence-corrected chi connectivity index (χ0v) is 13.6. The lowest BCUT2D eigenvalue weighted by molar-refractivity contribution is -0.384. The first kappa shape index (κ1) is 15.1. The third-order valence-electron chi connectivity index (χ3n) is 2.59. The Labute approximate surface area is 135 Å². The lowest BCUT2D eigenvalue weighted by Crippen LogP contribution is -2.06. The minimum Gasteiger partial charge on any atom is -0.379 e. The summed E-state index contributed by atoms with van der Waals surface area (Å²) in [6.07, 6.45) is 0. The highest BCUT2D eigenvalue weighted by atomic mass is 127. The van der Waals surface area contributed by atoms with Crippen LogP contribution in [-0.2, 0) is 0 Å². The fraction of sp³-hybridized carbons (Fsp3) is 0.143. The van der Waals surface area contributed by atoms with Crippen molar-refractivity contribution in [3.8, 4) is 0 Å². The Kier molecular flexibility index (Phi) is 5.66.